The number of benzene rings is 2. The molecule has 0 spiro atoms. The summed E-state index contributed by atoms with van der Waals surface area (Å²) < 4.78 is 5.14. The number of anilines is 1. The molecule has 1 fully saturated rings. The molecule has 0 saturated carbocycles. The van der Waals surface area contributed by atoms with Gasteiger partial charge in [-0.1, -0.05) is 24.3 Å². The van der Waals surface area contributed by atoms with E-state index in [1.54, 1.807) is 12.0 Å². The van der Waals surface area contributed by atoms with E-state index in [1.165, 1.54) is 0 Å². The fourth-order valence-corrected chi connectivity index (χ4v) is 3.20. The number of rotatable bonds is 6. The van der Waals surface area contributed by atoms with E-state index >= 15 is 0 Å². The normalized spacial score (nSPS) is 16.6. The van der Waals surface area contributed by atoms with Gasteiger partial charge in [0.05, 0.1) is 13.0 Å². The Balaban J connectivity index is 1.51. The average molecular weight is 352 g/mol. The molecule has 1 unspecified atom stereocenters. The maximum Gasteiger partial charge on any atom is 0.227 e. The third-order valence-corrected chi connectivity index (χ3v) is 4.68. The van der Waals surface area contributed by atoms with Crippen LogP contribution in [0.1, 0.15) is 17.5 Å². The first-order valence-corrected chi connectivity index (χ1v) is 8.84. The van der Waals surface area contributed by atoms with Gasteiger partial charge in [0.15, 0.2) is 0 Å². The van der Waals surface area contributed by atoms with Crippen molar-refractivity contribution in [3.63, 3.8) is 0 Å². The van der Waals surface area contributed by atoms with Crippen LogP contribution in [0.3, 0.4) is 0 Å². The number of methoxy groups -OCH3 is 1. The van der Waals surface area contributed by atoms with Gasteiger partial charge < -0.3 is 15.0 Å². The monoisotopic (exact) mass is 352 g/mol. The van der Waals surface area contributed by atoms with Gasteiger partial charge in [0, 0.05) is 25.2 Å². The minimum Gasteiger partial charge on any atom is -0.497 e. The minimum atomic E-state index is -0.293. The molecule has 1 N–H and O–H groups in total. The molecule has 0 aromatic heterocycles. The van der Waals surface area contributed by atoms with E-state index in [1.807, 2.05) is 55.5 Å². The van der Waals surface area contributed by atoms with E-state index in [4.69, 9.17) is 4.74 Å². The molecule has 2 amide bonds. The number of hydrogen-bond acceptors (Lipinski definition) is 3. The van der Waals surface area contributed by atoms with Gasteiger partial charge in [-0.3, -0.25) is 9.59 Å². The number of aryl methyl sites for hydroxylation is 1. The topological polar surface area (TPSA) is 58.6 Å². The van der Waals surface area contributed by atoms with Crippen LogP contribution >= 0.6 is 0 Å². The molecule has 1 heterocycles. The average Bonchev–Trinajstić information content (AvgIpc) is 3.04. The largest absolute Gasteiger partial charge is 0.497 e. The second-order valence-electron chi connectivity index (χ2n) is 6.63. The fourth-order valence-electron chi connectivity index (χ4n) is 3.20. The van der Waals surface area contributed by atoms with Crippen molar-refractivity contribution in [2.24, 2.45) is 5.92 Å². The molecular formula is C21H24N2O3. The van der Waals surface area contributed by atoms with Crippen molar-refractivity contribution < 1.29 is 14.3 Å². The summed E-state index contributed by atoms with van der Waals surface area (Å²) in [5, 5.41) is 2.96. The molecule has 3 rings (SSSR count). The van der Waals surface area contributed by atoms with Gasteiger partial charge in [-0.25, -0.2) is 0 Å². The molecule has 1 atom stereocenters. The van der Waals surface area contributed by atoms with Crippen LogP contribution in [-0.4, -0.2) is 32.0 Å². The highest BCUT2D eigenvalue weighted by molar-refractivity contribution is 6.00. The summed E-state index contributed by atoms with van der Waals surface area (Å²) in [4.78, 5) is 26.4. The summed E-state index contributed by atoms with van der Waals surface area (Å²) in [6.07, 6.45) is 1.01. The summed E-state index contributed by atoms with van der Waals surface area (Å²) in [6.45, 7) is 2.99. The highest BCUT2D eigenvalue weighted by atomic mass is 16.5. The number of nitrogens with one attached hydrogen (secondary N) is 1. The Hall–Kier alpha value is -2.82. The smallest absolute Gasteiger partial charge is 0.227 e. The van der Waals surface area contributed by atoms with Crippen molar-refractivity contribution in [1.82, 2.24) is 5.32 Å². The van der Waals surface area contributed by atoms with Gasteiger partial charge >= 0.3 is 0 Å². The molecule has 1 aliphatic heterocycles. The summed E-state index contributed by atoms with van der Waals surface area (Å²) >= 11 is 0. The number of ether oxygens (including phenoxy) is 1. The van der Waals surface area contributed by atoms with Crippen LogP contribution in [0.15, 0.2) is 48.5 Å². The maximum atomic E-state index is 12.4. The Bertz CT molecular complexity index is 786. The standard InChI is InChI=1S/C21H24N2O3/c1-15-4-3-5-18(12-15)23-14-17(13-20(23)24)21(25)22-11-10-16-6-8-19(26-2)9-7-16/h3-9,12,17H,10-11,13-14H2,1-2H3,(H,22,25). The number of carbonyl (C=O) groups excluding carboxylic acids is 2. The summed E-state index contributed by atoms with van der Waals surface area (Å²) in [5.41, 5.74) is 3.10. The van der Waals surface area contributed by atoms with E-state index in [0.717, 1.165) is 29.0 Å². The second-order valence-corrected chi connectivity index (χ2v) is 6.63. The molecule has 5 nitrogen and oxygen atoms in total. The van der Waals surface area contributed by atoms with Gasteiger partial charge in [0.2, 0.25) is 11.8 Å². The Morgan fingerprint density at radius 1 is 1.23 bits per heavy atom. The van der Waals surface area contributed by atoms with Crippen molar-refractivity contribution in [2.45, 2.75) is 19.8 Å². The van der Waals surface area contributed by atoms with Crippen molar-refractivity contribution in [1.29, 1.82) is 0 Å². The Kier molecular flexibility index (Phi) is 5.56. The third-order valence-electron chi connectivity index (χ3n) is 4.68. The van der Waals surface area contributed by atoms with E-state index < -0.39 is 0 Å². The zero-order valence-electron chi connectivity index (χ0n) is 15.2. The Labute approximate surface area is 154 Å². The summed E-state index contributed by atoms with van der Waals surface area (Å²) in [7, 11) is 1.64. The molecule has 0 bridgehead atoms. The van der Waals surface area contributed by atoms with Crippen molar-refractivity contribution in [2.75, 3.05) is 25.1 Å². The molecule has 5 heteroatoms. The van der Waals surface area contributed by atoms with E-state index in [2.05, 4.69) is 5.32 Å². The molecule has 2 aromatic carbocycles. The van der Waals surface area contributed by atoms with Crippen LogP contribution in [-0.2, 0) is 16.0 Å². The van der Waals surface area contributed by atoms with Gasteiger partial charge in [-0.2, -0.15) is 0 Å². The maximum absolute atomic E-state index is 12.4. The summed E-state index contributed by atoms with van der Waals surface area (Å²) in [6, 6.07) is 15.6. The Morgan fingerprint density at radius 3 is 2.69 bits per heavy atom. The number of amides is 2. The molecule has 1 aliphatic rings. The molecule has 0 radical (unpaired) electrons. The van der Waals surface area contributed by atoms with Crippen LogP contribution in [0.5, 0.6) is 5.75 Å². The first-order chi connectivity index (χ1) is 12.6. The first kappa shape index (κ1) is 18.0. The predicted octanol–water partition coefficient (Wildman–Crippen LogP) is 2.72. The van der Waals surface area contributed by atoms with Gasteiger partial charge in [0.1, 0.15) is 5.75 Å². The lowest BCUT2D eigenvalue weighted by Gasteiger charge is -2.17. The zero-order valence-corrected chi connectivity index (χ0v) is 15.2. The first-order valence-electron chi connectivity index (χ1n) is 8.84. The third kappa shape index (κ3) is 4.23. The zero-order chi connectivity index (χ0) is 18.5. The predicted molar refractivity (Wildman–Crippen MR) is 101 cm³/mol. The lowest BCUT2D eigenvalue weighted by Crippen LogP contribution is -2.34. The van der Waals surface area contributed by atoms with Crippen LogP contribution in [0, 0.1) is 12.8 Å². The van der Waals surface area contributed by atoms with Crippen molar-refractivity contribution >= 4 is 17.5 Å². The summed E-state index contributed by atoms with van der Waals surface area (Å²) in [5.74, 6) is 0.477. The number of nitrogens with zero attached hydrogens (tertiary/aromatic N) is 1. The number of carbonyl (C=O) groups is 2. The second kappa shape index (κ2) is 8.04. The van der Waals surface area contributed by atoms with Gasteiger partial charge in [-0.05, 0) is 48.7 Å². The minimum absolute atomic E-state index is 0.00547. The Morgan fingerprint density at radius 2 is 2.00 bits per heavy atom. The van der Waals surface area contributed by atoms with Crippen LogP contribution in [0.25, 0.3) is 0 Å². The SMILES string of the molecule is COc1ccc(CCNC(=O)C2CC(=O)N(c3cccc(C)c3)C2)cc1. The lowest BCUT2D eigenvalue weighted by molar-refractivity contribution is -0.126. The van der Waals surface area contributed by atoms with Gasteiger partial charge in [-0.15, -0.1) is 0 Å². The molecular weight excluding hydrogens is 328 g/mol. The fraction of sp³-hybridized carbons (Fsp3) is 0.333. The van der Waals surface area contributed by atoms with Gasteiger partial charge in [0.25, 0.3) is 0 Å². The lowest BCUT2D eigenvalue weighted by atomic mass is 10.1. The molecule has 0 aliphatic carbocycles. The number of hydrogen-bond donors (Lipinski definition) is 1. The van der Waals surface area contributed by atoms with E-state index in [0.29, 0.717) is 13.1 Å². The van der Waals surface area contributed by atoms with Crippen LogP contribution in [0.2, 0.25) is 0 Å². The molecule has 26 heavy (non-hydrogen) atoms. The van der Waals surface area contributed by atoms with Crippen LogP contribution < -0.4 is 15.0 Å². The van der Waals surface area contributed by atoms with E-state index in [9.17, 15) is 9.59 Å². The van der Waals surface area contributed by atoms with E-state index in [-0.39, 0.29) is 24.2 Å². The molecule has 2 aromatic rings. The highest BCUT2D eigenvalue weighted by Gasteiger charge is 2.34. The highest BCUT2D eigenvalue weighted by Crippen LogP contribution is 2.25. The van der Waals surface area contributed by atoms with Crippen molar-refractivity contribution in [3.05, 3.63) is 59.7 Å². The quantitative estimate of drug-likeness (QED) is 0.870. The van der Waals surface area contributed by atoms with Crippen molar-refractivity contribution in [3.8, 4) is 5.75 Å². The van der Waals surface area contributed by atoms with Crippen LogP contribution in [0.4, 0.5) is 5.69 Å². The molecule has 136 valence electrons. The molecule has 1 saturated heterocycles.